The number of nitrogens with zero attached hydrogens (tertiary/aromatic N) is 3. The molecule has 1 aromatic rings. The highest BCUT2D eigenvalue weighted by Crippen LogP contribution is 2.09. The van der Waals surface area contributed by atoms with Gasteiger partial charge in [0.2, 0.25) is 0 Å². The minimum absolute atomic E-state index is 0.142. The number of aliphatic hydroxyl groups is 1. The normalized spacial score (nSPS) is 10.1. The summed E-state index contributed by atoms with van der Waals surface area (Å²) >= 11 is 0. The van der Waals surface area contributed by atoms with Crippen molar-refractivity contribution in [2.24, 2.45) is 5.73 Å². The van der Waals surface area contributed by atoms with E-state index in [9.17, 15) is 4.79 Å². The van der Waals surface area contributed by atoms with Crippen molar-refractivity contribution in [1.82, 2.24) is 10.2 Å². The Labute approximate surface area is 94.1 Å². The predicted octanol–water partition coefficient (Wildman–Crippen LogP) is -0.216. The quantitative estimate of drug-likeness (QED) is 0.697. The van der Waals surface area contributed by atoms with Gasteiger partial charge in [0.15, 0.2) is 11.5 Å². The van der Waals surface area contributed by atoms with Crippen molar-refractivity contribution in [1.29, 1.82) is 0 Å². The van der Waals surface area contributed by atoms with Crippen molar-refractivity contribution >= 4 is 11.7 Å². The van der Waals surface area contributed by atoms with Gasteiger partial charge >= 0.3 is 0 Å². The van der Waals surface area contributed by atoms with Crippen LogP contribution in [-0.2, 0) is 0 Å². The van der Waals surface area contributed by atoms with Crippen molar-refractivity contribution < 1.29 is 9.90 Å². The van der Waals surface area contributed by atoms with E-state index in [4.69, 9.17) is 10.8 Å². The van der Waals surface area contributed by atoms with Crippen LogP contribution < -0.4 is 10.6 Å². The molecule has 1 heterocycles. The first-order valence-electron chi connectivity index (χ1n) is 5.18. The molecule has 0 aliphatic rings. The summed E-state index contributed by atoms with van der Waals surface area (Å²) in [5, 5.41) is 16.4. The average Bonchev–Trinajstić information content (AvgIpc) is 2.30. The maximum atomic E-state index is 10.8. The first-order chi connectivity index (χ1) is 7.69. The molecule has 0 aliphatic heterocycles. The first-order valence-corrected chi connectivity index (χ1v) is 5.18. The van der Waals surface area contributed by atoms with Crippen LogP contribution in [0.2, 0.25) is 0 Å². The van der Waals surface area contributed by atoms with Crippen molar-refractivity contribution in [3.8, 4) is 0 Å². The molecule has 1 rings (SSSR count). The maximum absolute atomic E-state index is 10.8. The number of rotatable bonds is 6. The fourth-order valence-electron chi connectivity index (χ4n) is 1.32. The van der Waals surface area contributed by atoms with E-state index < -0.39 is 5.91 Å². The number of aromatic nitrogens is 2. The molecule has 0 aliphatic carbocycles. The highest BCUT2D eigenvalue weighted by molar-refractivity contribution is 5.90. The standard InChI is InChI=1S/C10H16N4O2/c1-2-14(6-3-7-15)9-5-4-8(10(11)16)12-13-9/h4-5,15H,2-3,6-7H2,1H3,(H2,11,16). The molecule has 1 amide bonds. The summed E-state index contributed by atoms with van der Waals surface area (Å²) in [6.07, 6.45) is 0.674. The van der Waals surface area contributed by atoms with Gasteiger partial charge in [0, 0.05) is 19.7 Å². The smallest absolute Gasteiger partial charge is 0.269 e. The molecule has 0 spiro atoms. The van der Waals surface area contributed by atoms with E-state index in [1.807, 2.05) is 11.8 Å². The average molecular weight is 224 g/mol. The third-order valence-electron chi connectivity index (χ3n) is 2.19. The highest BCUT2D eigenvalue weighted by atomic mass is 16.3. The van der Waals surface area contributed by atoms with E-state index in [0.717, 1.165) is 6.54 Å². The number of hydrogen-bond donors (Lipinski definition) is 2. The van der Waals surface area contributed by atoms with Crippen molar-refractivity contribution in [2.45, 2.75) is 13.3 Å². The Morgan fingerprint density at radius 1 is 1.50 bits per heavy atom. The summed E-state index contributed by atoms with van der Waals surface area (Å²) in [5.74, 6) is 0.0957. The van der Waals surface area contributed by atoms with E-state index in [1.54, 1.807) is 12.1 Å². The van der Waals surface area contributed by atoms with Crippen molar-refractivity contribution in [3.05, 3.63) is 17.8 Å². The number of hydrogen-bond acceptors (Lipinski definition) is 5. The van der Waals surface area contributed by atoms with Crippen LogP contribution in [0.25, 0.3) is 0 Å². The van der Waals surface area contributed by atoms with Gasteiger partial charge in [0.25, 0.3) is 5.91 Å². The molecule has 0 aromatic carbocycles. The highest BCUT2D eigenvalue weighted by Gasteiger charge is 2.08. The van der Waals surface area contributed by atoms with Crippen LogP contribution in [0.5, 0.6) is 0 Å². The van der Waals surface area contributed by atoms with E-state index in [0.29, 0.717) is 18.8 Å². The van der Waals surface area contributed by atoms with Crippen molar-refractivity contribution in [3.63, 3.8) is 0 Å². The summed E-state index contributed by atoms with van der Waals surface area (Å²) in [4.78, 5) is 12.8. The van der Waals surface area contributed by atoms with E-state index in [-0.39, 0.29) is 12.3 Å². The third-order valence-corrected chi connectivity index (χ3v) is 2.19. The Morgan fingerprint density at radius 2 is 2.25 bits per heavy atom. The molecule has 6 heteroatoms. The molecule has 16 heavy (non-hydrogen) atoms. The number of amides is 1. The summed E-state index contributed by atoms with van der Waals surface area (Å²) in [6, 6.07) is 3.25. The Bertz CT molecular complexity index is 339. The lowest BCUT2D eigenvalue weighted by atomic mass is 10.3. The fourth-order valence-corrected chi connectivity index (χ4v) is 1.32. The van der Waals surface area contributed by atoms with Crippen LogP contribution in [0, 0.1) is 0 Å². The van der Waals surface area contributed by atoms with Gasteiger partial charge in [-0.05, 0) is 25.5 Å². The number of carbonyl (C=O) groups excluding carboxylic acids is 1. The lowest BCUT2D eigenvalue weighted by Crippen LogP contribution is -2.26. The zero-order chi connectivity index (χ0) is 12.0. The summed E-state index contributed by atoms with van der Waals surface area (Å²) in [5.41, 5.74) is 5.22. The van der Waals surface area contributed by atoms with Crippen molar-refractivity contribution in [2.75, 3.05) is 24.6 Å². The number of aliphatic hydroxyl groups excluding tert-OH is 1. The maximum Gasteiger partial charge on any atom is 0.269 e. The summed E-state index contributed by atoms with van der Waals surface area (Å²) < 4.78 is 0. The van der Waals surface area contributed by atoms with Crippen LogP contribution in [0.15, 0.2) is 12.1 Å². The Kier molecular flexibility index (Phi) is 4.65. The van der Waals surface area contributed by atoms with E-state index in [2.05, 4.69) is 10.2 Å². The number of primary amides is 1. The fraction of sp³-hybridized carbons (Fsp3) is 0.500. The summed E-state index contributed by atoms with van der Waals surface area (Å²) in [6.45, 7) is 3.60. The molecule has 0 radical (unpaired) electrons. The molecule has 0 fully saturated rings. The van der Waals surface area contributed by atoms with Gasteiger partial charge in [-0.2, -0.15) is 0 Å². The number of carbonyl (C=O) groups is 1. The van der Waals surface area contributed by atoms with Gasteiger partial charge in [-0.3, -0.25) is 4.79 Å². The van der Waals surface area contributed by atoms with Crippen LogP contribution >= 0.6 is 0 Å². The molecule has 88 valence electrons. The van der Waals surface area contributed by atoms with Crippen LogP contribution in [0.1, 0.15) is 23.8 Å². The van der Waals surface area contributed by atoms with Crippen LogP contribution in [0.4, 0.5) is 5.82 Å². The van der Waals surface area contributed by atoms with Gasteiger partial charge in [-0.15, -0.1) is 10.2 Å². The third kappa shape index (κ3) is 3.16. The second-order valence-electron chi connectivity index (χ2n) is 3.30. The molecule has 6 nitrogen and oxygen atoms in total. The number of nitrogens with two attached hydrogens (primary N) is 1. The zero-order valence-electron chi connectivity index (χ0n) is 9.26. The van der Waals surface area contributed by atoms with Gasteiger partial charge in [0.05, 0.1) is 0 Å². The Balaban J connectivity index is 2.74. The molecule has 0 bridgehead atoms. The lowest BCUT2D eigenvalue weighted by Gasteiger charge is -2.20. The number of anilines is 1. The molecular weight excluding hydrogens is 208 g/mol. The molecule has 3 N–H and O–H groups in total. The zero-order valence-corrected chi connectivity index (χ0v) is 9.26. The van der Waals surface area contributed by atoms with E-state index in [1.165, 1.54) is 0 Å². The molecule has 0 atom stereocenters. The molecular formula is C10H16N4O2. The van der Waals surface area contributed by atoms with Gasteiger partial charge in [-0.25, -0.2) is 0 Å². The van der Waals surface area contributed by atoms with Gasteiger partial charge in [0.1, 0.15) is 0 Å². The molecule has 0 saturated carbocycles. The minimum Gasteiger partial charge on any atom is -0.396 e. The Morgan fingerprint density at radius 3 is 2.69 bits per heavy atom. The van der Waals surface area contributed by atoms with E-state index >= 15 is 0 Å². The SMILES string of the molecule is CCN(CCCO)c1ccc(C(N)=O)nn1. The molecule has 0 unspecified atom stereocenters. The predicted molar refractivity (Wildman–Crippen MR) is 60.1 cm³/mol. The summed E-state index contributed by atoms with van der Waals surface area (Å²) in [7, 11) is 0. The largest absolute Gasteiger partial charge is 0.396 e. The minimum atomic E-state index is -0.586. The second kappa shape index (κ2) is 6.02. The van der Waals surface area contributed by atoms with Crippen LogP contribution in [-0.4, -0.2) is 40.9 Å². The Hall–Kier alpha value is -1.69. The lowest BCUT2D eigenvalue weighted by molar-refractivity contribution is 0.0994. The van der Waals surface area contributed by atoms with Crippen LogP contribution in [0.3, 0.4) is 0 Å². The molecule has 1 aromatic heterocycles. The van der Waals surface area contributed by atoms with Gasteiger partial charge in [-0.1, -0.05) is 0 Å². The monoisotopic (exact) mass is 224 g/mol. The van der Waals surface area contributed by atoms with Gasteiger partial charge < -0.3 is 15.7 Å². The molecule has 0 saturated heterocycles. The first kappa shape index (κ1) is 12.4. The topological polar surface area (TPSA) is 92.3 Å². The second-order valence-corrected chi connectivity index (χ2v) is 3.30.